The molecule has 0 N–H and O–H groups in total. The van der Waals surface area contributed by atoms with E-state index in [0.717, 1.165) is 15.3 Å². The average Bonchev–Trinajstić information content (AvgIpc) is 3.57. The first-order valence-corrected chi connectivity index (χ1v) is 18.0. The molecule has 250 valence electrons. The molecule has 1 nitrogen and oxygen atoms in total. The topological polar surface area (TPSA) is 9.23 Å². The van der Waals surface area contributed by atoms with Crippen molar-refractivity contribution in [3.8, 4) is 39.1 Å². The number of rotatable bonds is 3. The Hall–Kier alpha value is -2.42. The van der Waals surface area contributed by atoms with E-state index < -0.39 is 0 Å². The minimum absolute atomic E-state index is 0. The molecule has 0 atom stereocenters. The number of methoxy groups -OCH3 is 1. The standard InChI is InChI=1S/C21H23O.C20H21.C2H6Si.2ClH.Zr/c1-14-11-16-13-18(21(2,3)4)20(22-5)19(17(16)12-14)15-9-7-6-8-10-15;1-14-12-16-6-5-7-18(19(16)13-14)15-8-10-17(11-9-15)20(2,3)4;1-3-2;;;/h6-13H,1-5H3;5-13H,1-4H3;1-2H3;2*1H;/q2*-1;;;;+4/p-2. The fraction of sp³-hybridized carbons (Fsp3) is 0.302. The Kier molecular flexibility index (Phi) is 16.8. The van der Waals surface area contributed by atoms with Gasteiger partial charge in [0.25, 0.3) is 0 Å². The third-order valence-corrected chi connectivity index (χ3v) is 8.14. The summed E-state index contributed by atoms with van der Waals surface area (Å²) < 4.78 is 5.87. The maximum Gasteiger partial charge on any atom is 4.00 e. The van der Waals surface area contributed by atoms with Gasteiger partial charge in [0.05, 0.1) is 7.11 Å². The van der Waals surface area contributed by atoms with Gasteiger partial charge in [-0.3, -0.25) is 0 Å². The van der Waals surface area contributed by atoms with E-state index in [-0.39, 0.29) is 61.8 Å². The smallest absolute Gasteiger partial charge is 1.00 e. The number of fused-ring (bicyclic) bond motifs is 2. The predicted molar refractivity (Wildman–Crippen MR) is 200 cm³/mol. The molecule has 0 aliphatic heterocycles. The van der Waals surface area contributed by atoms with Gasteiger partial charge < -0.3 is 29.6 Å². The second-order valence-electron chi connectivity index (χ2n) is 14.2. The minimum Gasteiger partial charge on any atom is -1.00 e. The van der Waals surface area contributed by atoms with Crippen LogP contribution in [0.5, 0.6) is 5.75 Å². The Morgan fingerprint density at radius 1 is 0.646 bits per heavy atom. The zero-order chi connectivity index (χ0) is 32.9. The van der Waals surface area contributed by atoms with Crippen molar-refractivity contribution in [3.05, 3.63) is 125 Å². The summed E-state index contributed by atoms with van der Waals surface area (Å²) in [4.78, 5) is 0. The first-order chi connectivity index (χ1) is 21.3. The van der Waals surface area contributed by atoms with Crippen LogP contribution in [0.1, 0.15) is 63.8 Å². The number of hydrogen-bond acceptors (Lipinski definition) is 1. The van der Waals surface area contributed by atoms with Crippen LogP contribution in [0, 0.1) is 13.8 Å². The summed E-state index contributed by atoms with van der Waals surface area (Å²) in [6.45, 7) is 22.1. The quantitative estimate of drug-likeness (QED) is 0.149. The number of aryl methyl sites for hydroxylation is 2. The van der Waals surface area contributed by atoms with E-state index in [9.17, 15) is 0 Å². The summed E-state index contributed by atoms with van der Waals surface area (Å²) in [7, 11) is 2.86. The molecule has 0 fully saturated rings. The summed E-state index contributed by atoms with van der Waals surface area (Å²) in [6, 6.07) is 37.4. The van der Waals surface area contributed by atoms with E-state index in [4.69, 9.17) is 4.74 Å². The molecule has 2 radical (unpaired) electrons. The Labute approximate surface area is 324 Å². The minimum atomic E-state index is 0. The molecular formula is C43H50Cl2OSiZr. The van der Waals surface area contributed by atoms with Gasteiger partial charge in [0.2, 0.25) is 0 Å². The molecule has 48 heavy (non-hydrogen) atoms. The van der Waals surface area contributed by atoms with Crippen LogP contribution < -0.4 is 29.6 Å². The molecule has 0 unspecified atom stereocenters. The van der Waals surface area contributed by atoms with Crippen molar-refractivity contribution in [2.75, 3.05) is 7.11 Å². The summed E-state index contributed by atoms with van der Waals surface area (Å²) in [5.41, 5.74) is 13.1. The van der Waals surface area contributed by atoms with Crippen LogP contribution in [-0.4, -0.2) is 16.6 Å². The number of halogens is 2. The van der Waals surface area contributed by atoms with E-state index >= 15 is 0 Å². The Morgan fingerprint density at radius 2 is 1.25 bits per heavy atom. The van der Waals surface area contributed by atoms with Crippen LogP contribution in [0.15, 0.2) is 103 Å². The summed E-state index contributed by atoms with van der Waals surface area (Å²) >= 11 is 0. The third kappa shape index (κ3) is 10.3. The summed E-state index contributed by atoms with van der Waals surface area (Å²) in [5, 5.41) is 2.69. The average molecular weight is 773 g/mol. The van der Waals surface area contributed by atoms with Crippen molar-refractivity contribution >= 4 is 20.3 Å². The first-order valence-electron chi connectivity index (χ1n) is 16.0. The van der Waals surface area contributed by atoms with E-state index in [1.165, 1.54) is 66.4 Å². The fourth-order valence-corrected chi connectivity index (χ4v) is 5.94. The Bertz CT molecular complexity index is 1800. The van der Waals surface area contributed by atoms with Crippen molar-refractivity contribution in [3.63, 3.8) is 0 Å². The van der Waals surface area contributed by atoms with Gasteiger partial charge in [-0.05, 0) is 28.9 Å². The molecule has 0 amide bonds. The normalized spacial score (nSPS) is 10.8. The molecule has 5 heteroatoms. The summed E-state index contributed by atoms with van der Waals surface area (Å²) in [6.07, 6.45) is 0. The van der Waals surface area contributed by atoms with Crippen LogP contribution in [0.25, 0.3) is 44.2 Å². The van der Waals surface area contributed by atoms with Gasteiger partial charge in [-0.1, -0.05) is 168 Å². The van der Waals surface area contributed by atoms with Gasteiger partial charge in [-0.2, -0.15) is 6.07 Å². The van der Waals surface area contributed by atoms with E-state index in [0.29, 0.717) is 0 Å². The molecule has 0 spiro atoms. The molecule has 4 aromatic carbocycles. The van der Waals surface area contributed by atoms with Crippen molar-refractivity contribution in [1.82, 2.24) is 0 Å². The molecule has 6 rings (SSSR count). The zero-order valence-corrected chi connectivity index (χ0v) is 35.4. The van der Waals surface area contributed by atoms with Crippen molar-refractivity contribution < 1.29 is 55.8 Å². The van der Waals surface area contributed by atoms with Crippen LogP contribution in [-0.2, 0) is 37.0 Å². The molecule has 0 aromatic heterocycles. The maximum absolute atomic E-state index is 5.87. The molecular weight excluding hydrogens is 723 g/mol. The van der Waals surface area contributed by atoms with Gasteiger partial charge >= 0.3 is 26.2 Å². The molecule has 0 heterocycles. The monoisotopic (exact) mass is 770 g/mol. The van der Waals surface area contributed by atoms with Crippen LogP contribution in [0.3, 0.4) is 0 Å². The van der Waals surface area contributed by atoms with Crippen molar-refractivity contribution in [2.45, 2.75) is 79.3 Å². The summed E-state index contributed by atoms with van der Waals surface area (Å²) in [5.74, 6) is 0.997. The number of hydrogen-bond donors (Lipinski definition) is 0. The second kappa shape index (κ2) is 18.5. The van der Waals surface area contributed by atoms with Crippen LogP contribution in [0.2, 0.25) is 13.1 Å². The molecule has 0 bridgehead atoms. The van der Waals surface area contributed by atoms with Crippen molar-refractivity contribution in [2.24, 2.45) is 0 Å². The van der Waals surface area contributed by atoms with Gasteiger partial charge in [0.1, 0.15) is 0 Å². The maximum atomic E-state index is 5.87. The number of benzene rings is 4. The SMILES string of the molecule is CO[c-]1c(C(C)(C)C)cc2cc(C)cc-2c1-c1ccccc1.C[Si]C.Cc1cc2c(-c3ccc(C(C)(C)C)cc3)cccc2[cH-]1.[Cl-].[Cl-].[Zr+4]. The molecule has 4 aromatic rings. The zero-order valence-electron chi connectivity index (χ0n) is 30.5. The van der Waals surface area contributed by atoms with Crippen LogP contribution >= 0.6 is 0 Å². The fourth-order valence-electron chi connectivity index (χ4n) is 5.94. The molecule has 2 aliphatic rings. The predicted octanol–water partition coefficient (Wildman–Crippen LogP) is 6.42. The van der Waals surface area contributed by atoms with E-state index in [1.54, 1.807) is 7.11 Å². The van der Waals surface area contributed by atoms with E-state index in [2.05, 4.69) is 172 Å². The van der Waals surface area contributed by atoms with E-state index in [1.807, 2.05) is 0 Å². The first kappa shape index (κ1) is 43.6. The Balaban J connectivity index is 0.000000421. The van der Waals surface area contributed by atoms with Crippen LogP contribution in [0.4, 0.5) is 0 Å². The molecule has 0 saturated heterocycles. The molecule has 2 aliphatic carbocycles. The second-order valence-corrected chi connectivity index (χ2v) is 15.2. The van der Waals surface area contributed by atoms with Gasteiger partial charge in [-0.25, -0.2) is 0 Å². The van der Waals surface area contributed by atoms with Gasteiger partial charge in [0.15, 0.2) is 0 Å². The van der Waals surface area contributed by atoms with Crippen molar-refractivity contribution in [1.29, 1.82) is 0 Å². The largest absolute Gasteiger partial charge is 4.00 e. The van der Waals surface area contributed by atoms with Gasteiger partial charge in [-0.15, -0.1) is 46.2 Å². The third-order valence-electron chi connectivity index (χ3n) is 8.14. The molecule has 0 saturated carbocycles. The van der Waals surface area contributed by atoms with Gasteiger partial charge in [0, 0.05) is 15.3 Å². The Morgan fingerprint density at radius 3 is 1.79 bits per heavy atom. The number of ether oxygens (including phenoxy) is 1.